The molecule has 1 aromatic rings. The van der Waals surface area contributed by atoms with Gasteiger partial charge in [-0.15, -0.1) is 13.2 Å². The molecule has 0 aliphatic rings. The quantitative estimate of drug-likeness (QED) is 0.423. The molecule has 0 aliphatic heterocycles. The van der Waals surface area contributed by atoms with Crippen molar-refractivity contribution in [3.63, 3.8) is 0 Å². The largest absolute Gasteiger partial charge is 0.478 e. The fraction of sp³-hybridized carbons (Fsp3) is 0.400. The highest BCUT2D eigenvalue weighted by atomic mass is 16.4. The van der Waals surface area contributed by atoms with Gasteiger partial charge in [-0.3, -0.25) is 0 Å². The van der Waals surface area contributed by atoms with Gasteiger partial charge in [-0.25, -0.2) is 9.59 Å². The molecule has 0 heterocycles. The summed E-state index contributed by atoms with van der Waals surface area (Å²) in [7, 11) is 0. The fourth-order valence-electron chi connectivity index (χ4n) is 2.72. The fourth-order valence-corrected chi connectivity index (χ4v) is 2.72. The van der Waals surface area contributed by atoms with Crippen molar-refractivity contribution in [3.05, 3.63) is 59.7 Å². The molecular weight excluding hydrogens is 304 g/mol. The number of unbranched alkanes of at least 4 members (excludes halogenated alkanes) is 4. The summed E-state index contributed by atoms with van der Waals surface area (Å²) >= 11 is 0. The summed E-state index contributed by atoms with van der Waals surface area (Å²) < 4.78 is 0. The number of rotatable bonds is 12. The third kappa shape index (κ3) is 6.03. The third-order valence-electron chi connectivity index (χ3n) is 4.01. The van der Waals surface area contributed by atoms with Crippen molar-refractivity contribution in [2.75, 3.05) is 0 Å². The number of carboxylic acid groups (broad SMARTS) is 2. The Balaban J connectivity index is 3.06. The molecule has 130 valence electrons. The minimum atomic E-state index is -1.20. The Morgan fingerprint density at radius 1 is 0.792 bits per heavy atom. The highest BCUT2D eigenvalue weighted by Crippen LogP contribution is 2.22. The van der Waals surface area contributed by atoms with Crippen LogP contribution in [0.25, 0.3) is 0 Å². The molecule has 0 radical (unpaired) electrons. The maximum atomic E-state index is 11.4. The van der Waals surface area contributed by atoms with Crippen LogP contribution in [-0.2, 0) is 12.8 Å². The topological polar surface area (TPSA) is 74.6 Å². The summed E-state index contributed by atoms with van der Waals surface area (Å²) in [5.41, 5.74) is 1.63. The van der Waals surface area contributed by atoms with Crippen LogP contribution in [0.3, 0.4) is 0 Å². The van der Waals surface area contributed by atoms with Crippen LogP contribution >= 0.6 is 0 Å². The zero-order valence-electron chi connectivity index (χ0n) is 14.1. The van der Waals surface area contributed by atoms with Crippen molar-refractivity contribution in [2.24, 2.45) is 0 Å². The molecule has 4 heteroatoms. The van der Waals surface area contributed by atoms with E-state index >= 15 is 0 Å². The zero-order chi connectivity index (χ0) is 17.9. The van der Waals surface area contributed by atoms with Gasteiger partial charge in [0.15, 0.2) is 0 Å². The molecule has 0 saturated carbocycles. The van der Waals surface area contributed by atoms with E-state index in [1.165, 1.54) is 0 Å². The van der Waals surface area contributed by atoms with Crippen LogP contribution in [0.2, 0.25) is 0 Å². The van der Waals surface area contributed by atoms with Gasteiger partial charge < -0.3 is 10.2 Å². The second kappa shape index (κ2) is 10.4. The van der Waals surface area contributed by atoms with Crippen molar-refractivity contribution < 1.29 is 19.8 Å². The molecule has 24 heavy (non-hydrogen) atoms. The maximum Gasteiger partial charge on any atom is 0.336 e. The predicted octanol–water partition coefficient (Wildman–Crippen LogP) is 4.88. The van der Waals surface area contributed by atoms with Gasteiger partial charge in [-0.05, 0) is 74.6 Å². The van der Waals surface area contributed by atoms with E-state index in [-0.39, 0.29) is 11.1 Å². The highest BCUT2D eigenvalue weighted by Gasteiger charge is 2.19. The predicted molar refractivity (Wildman–Crippen MR) is 95.9 cm³/mol. The Labute approximate surface area is 143 Å². The number of allylic oxidation sites excluding steroid dienone is 2. The van der Waals surface area contributed by atoms with E-state index in [0.29, 0.717) is 0 Å². The number of benzene rings is 1. The van der Waals surface area contributed by atoms with Gasteiger partial charge in [0.05, 0.1) is 11.1 Å². The van der Waals surface area contributed by atoms with Gasteiger partial charge in [0.25, 0.3) is 0 Å². The van der Waals surface area contributed by atoms with Gasteiger partial charge in [-0.2, -0.15) is 0 Å². The van der Waals surface area contributed by atoms with Crippen molar-refractivity contribution in [1.29, 1.82) is 0 Å². The summed E-state index contributed by atoms with van der Waals surface area (Å²) in [6.07, 6.45) is 10.9. The average Bonchev–Trinajstić information content (AvgIpc) is 2.55. The minimum absolute atomic E-state index is 0.129. The van der Waals surface area contributed by atoms with E-state index in [2.05, 4.69) is 13.2 Å². The Bertz CT molecular complexity index is 549. The lowest BCUT2D eigenvalue weighted by molar-refractivity contribution is 0.0651. The molecule has 0 amide bonds. The second-order valence-corrected chi connectivity index (χ2v) is 5.85. The van der Waals surface area contributed by atoms with E-state index in [1.807, 2.05) is 12.2 Å². The first-order chi connectivity index (χ1) is 11.5. The Kier molecular flexibility index (Phi) is 8.55. The average molecular weight is 330 g/mol. The summed E-state index contributed by atoms with van der Waals surface area (Å²) in [4.78, 5) is 22.8. The van der Waals surface area contributed by atoms with Gasteiger partial charge in [0, 0.05) is 0 Å². The monoisotopic (exact) mass is 330 g/mol. The van der Waals surface area contributed by atoms with E-state index in [4.69, 9.17) is 0 Å². The molecule has 0 atom stereocenters. The van der Waals surface area contributed by atoms with Gasteiger partial charge in [0.1, 0.15) is 0 Å². The van der Waals surface area contributed by atoms with Gasteiger partial charge >= 0.3 is 11.9 Å². The molecule has 0 spiro atoms. The minimum Gasteiger partial charge on any atom is -0.478 e. The van der Waals surface area contributed by atoms with Crippen LogP contribution in [0, 0.1) is 0 Å². The van der Waals surface area contributed by atoms with E-state index in [1.54, 1.807) is 12.1 Å². The van der Waals surface area contributed by atoms with Crippen molar-refractivity contribution in [2.45, 2.75) is 51.4 Å². The zero-order valence-corrected chi connectivity index (χ0v) is 14.1. The van der Waals surface area contributed by atoms with Crippen LogP contribution in [0.1, 0.15) is 70.4 Å². The summed E-state index contributed by atoms with van der Waals surface area (Å²) in [5, 5.41) is 18.6. The lowest BCUT2D eigenvalue weighted by Crippen LogP contribution is -2.11. The number of aromatic carboxylic acids is 2. The van der Waals surface area contributed by atoms with Crippen LogP contribution in [-0.4, -0.2) is 22.2 Å². The Hall–Kier alpha value is -2.36. The number of hydrogen-bond acceptors (Lipinski definition) is 2. The molecule has 0 fully saturated rings. The van der Waals surface area contributed by atoms with E-state index < -0.39 is 11.9 Å². The van der Waals surface area contributed by atoms with Gasteiger partial charge in [0.2, 0.25) is 0 Å². The van der Waals surface area contributed by atoms with Crippen molar-refractivity contribution in [3.8, 4) is 0 Å². The molecular formula is C20H26O4. The lowest BCUT2D eigenvalue weighted by Gasteiger charge is -2.13. The number of carboxylic acids is 2. The first kappa shape index (κ1) is 19.7. The number of carbonyl (C=O) groups is 2. The molecule has 0 aliphatic carbocycles. The summed E-state index contributed by atoms with van der Waals surface area (Å²) in [6.45, 7) is 7.40. The number of hydrogen-bond donors (Lipinski definition) is 2. The van der Waals surface area contributed by atoms with E-state index in [0.717, 1.165) is 62.5 Å². The first-order valence-corrected chi connectivity index (χ1v) is 8.35. The standard InChI is InChI=1S/C20H26O4/c1-3-5-7-9-11-15-13-17(19(21)22)18(20(23)24)14-16(15)12-10-8-6-4-2/h3-4,13-14H,1-2,5-12H2,(H,21,22)(H,23,24). The van der Waals surface area contributed by atoms with Crippen LogP contribution in [0.15, 0.2) is 37.4 Å². The van der Waals surface area contributed by atoms with Crippen molar-refractivity contribution in [1.82, 2.24) is 0 Å². The molecule has 0 unspecified atom stereocenters. The normalized spacial score (nSPS) is 10.3. The molecule has 1 aromatic carbocycles. The van der Waals surface area contributed by atoms with Gasteiger partial charge in [-0.1, -0.05) is 12.2 Å². The Morgan fingerprint density at radius 2 is 1.17 bits per heavy atom. The number of aryl methyl sites for hydroxylation is 2. The molecule has 0 bridgehead atoms. The van der Waals surface area contributed by atoms with Crippen LogP contribution in [0.4, 0.5) is 0 Å². The summed E-state index contributed by atoms with van der Waals surface area (Å²) in [5.74, 6) is -2.39. The SMILES string of the molecule is C=CCCCCc1cc(C(=O)O)c(C(=O)O)cc1CCCCC=C. The van der Waals surface area contributed by atoms with Crippen molar-refractivity contribution >= 4 is 11.9 Å². The molecule has 0 saturated heterocycles. The third-order valence-corrected chi connectivity index (χ3v) is 4.01. The van der Waals surface area contributed by atoms with E-state index in [9.17, 15) is 19.8 Å². The first-order valence-electron chi connectivity index (χ1n) is 8.35. The lowest BCUT2D eigenvalue weighted by atomic mass is 9.92. The second-order valence-electron chi connectivity index (χ2n) is 5.85. The molecule has 1 rings (SSSR count). The molecule has 2 N–H and O–H groups in total. The molecule has 4 nitrogen and oxygen atoms in total. The van der Waals surface area contributed by atoms with Crippen LogP contribution < -0.4 is 0 Å². The van der Waals surface area contributed by atoms with Crippen LogP contribution in [0.5, 0.6) is 0 Å². The maximum absolute atomic E-state index is 11.4. The molecule has 0 aromatic heterocycles. The summed E-state index contributed by atoms with van der Waals surface area (Å²) in [6, 6.07) is 3.09. The highest BCUT2D eigenvalue weighted by molar-refractivity contribution is 6.02. The Morgan fingerprint density at radius 3 is 1.46 bits per heavy atom. The smallest absolute Gasteiger partial charge is 0.336 e.